The van der Waals surface area contributed by atoms with Crippen LogP contribution in [0.25, 0.3) is 11.1 Å². The van der Waals surface area contributed by atoms with Gasteiger partial charge in [-0.2, -0.15) is 0 Å². The number of aromatic carboxylic acids is 1. The summed E-state index contributed by atoms with van der Waals surface area (Å²) in [6, 6.07) is 7.36. The van der Waals surface area contributed by atoms with Gasteiger partial charge in [0.1, 0.15) is 11.6 Å². The minimum Gasteiger partial charge on any atom is -0.478 e. The Labute approximate surface area is 106 Å². The second-order valence-electron chi connectivity index (χ2n) is 3.60. The molecule has 2 rings (SSSR count). The Hall–Kier alpha value is -1.94. The lowest BCUT2D eigenvalue weighted by Crippen LogP contribution is -2.01. The molecule has 0 heterocycles. The van der Waals surface area contributed by atoms with Gasteiger partial charge in [-0.3, -0.25) is 0 Å². The van der Waals surface area contributed by atoms with Crippen LogP contribution in [0.4, 0.5) is 8.78 Å². The van der Waals surface area contributed by atoms with Crippen LogP contribution in [-0.2, 0) is 0 Å². The van der Waals surface area contributed by atoms with E-state index in [1.54, 1.807) is 0 Å². The van der Waals surface area contributed by atoms with Crippen molar-refractivity contribution >= 4 is 17.6 Å². The zero-order valence-electron chi connectivity index (χ0n) is 8.95. The molecule has 0 aliphatic rings. The summed E-state index contributed by atoms with van der Waals surface area (Å²) in [6.07, 6.45) is 0. The maximum atomic E-state index is 14.0. The van der Waals surface area contributed by atoms with Gasteiger partial charge in [-0.05, 0) is 24.3 Å². The number of carbonyl (C=O) groups is 1. The smallest absolute Gasteiger partial charge is 0.338 e. The molecule has 18 heavy (non-hydrogen) atoms. The Balaban J connectivity index is 2.68. The molecule has 92 valence electrons. The van der Waals surface area contributed by atoms with E-state index in [4.69, 9.17) is 16.7 Å². The number of hydrogen-bond donors (Lipinski definition) is 1. The van der Waals surface area contributed by atoms with Crippen LogP contribution >= 0.6 is 11.6 Å². The minimum absolute atomic E-state index is 0.0422. The molecule has 1 N–H and O–H groups in total. The summed E-state index contributed by atoms with van der Waals surface area (Å²) in [6.45, 7) is 0. The van der Waals surface area contributed by atoms with Crippen LogP contribution in [0.1, 0.15) is 10.4 Å². The normalized spacial score (nSPS) is 10.4. The first-order valence-electron chi connectivity index (χ1n) is 4.98. The van der Waals surface area contributed by atoms with Crippen molar-refractivity contribution in [1.29, 1.82) is 0 Å². The number of carboxylic acids is 1. The van der Waals surface area contributed by atoms with E-state index in [0.29, 0.717) is 0 Å². The lowest BCUT2D eigenvalue weighted by atomic mass is 10.0. The second kappa shape index (κ2) is 4.74. The van der Waals surface area contributed by atoms with Crippen LogP contribution in [0.3, 0.4) is 0 Å². The zero-order valence-corrected chi connectivity index (χ0v) is 9.71. The number of halogens is 3. The van der Waals surface area contributed by atoms with Gasteiger partial charge < -0.3 is 5.11 Å². The highest BCUT2D eigenvalue weighted by Crippen LogP contribution is 2.31. The molecule has 0 fully saturated rings. The molecule has 0 saturated carbocycles. The highest BCUT2D eigenvalue weighted by molar-refractivity contribution is 6.33. The predicted molar refractivity (Wildman–Crippen MR) is 63.8 cm³/mol. The Kier molecular flexibility index (Phi) is 3.30. The van der Waals surface area contributed by atoms with Gasteiger partial charge in [-0.1, -0.05) is 23.7 Å². The summed E-state index contributed by atoms with van der Waals surface area (Å²) in [5, 5.41) is 8.96. The van der Waals surface area contributed by atoms with E-state index in [1.807, 2.05) is 0 Å². The summed E-state index contributed by atoms with van der Waals surface area (Å²) < 4.78 is 27.1. The molecule has 0 radical (unpaired) electrons. The molecule has 0 amide bonds. The van der Waals surface area contributed by atoms with Crippen molar-refractivity contribution in [3.8, 4) is 11.1 Å². The summed E-state index contributed by atoms with van der Waals surface area (Å²) in [5.74, 6) is -2.89. The van der Waals surface area contributed by atoms with Crippen LogP contribution in [0, 0.1) is 11.6 Å². The monoisotopic (exact) mass is 268 g/mol. The quantitative estimate of drug-likeness (QED) is 0.894. The molecular formula is C13H7ClF2O2. The average Bonchev–Trinajstić information content (AvgIpc) is 2.32. The lowest BCUT2D eigenvalue weighted by molar-refractivity contribution is 0.0692. The SMILES string of the molecule is O=C(O)c1cccc(-c2cc(F)ccc2Cl)c1F. The molecule has 0 bridgehead atoms. The molecule has 0 atom stereocenters. The molecule has 0 saturated heterocycles. The summed E-state index contributed by atoms with van der Waals surface area (Å²) in [7, 11) is 0. The van der Waals surface area contributed by atoms with Crippen molar-refractivity contribution in [3.05, 3.63) is 58.6 Å². The maximum Gasteiger partial charge on any atom is 0.338 e. The third-order valence-electron chi connectivity index (χ3n) is 2.45. The third-order valence-corrected chi connectivity index (χ3v) is 2.78. The Morgan fingerprint density at radius 3 is 2.50 bits per heavy atom. The first kappa shape index (κ1) is 12.5. The topological polar surface area (TPSA) is 37.3 Å². The Bertz CT molecular complexity index is 626. The van der Waals surface area contributed by atoms with Gasteiger partial charge in [0.05, 0.1) is 5.56 Å². The highest BCUT2D eigenvalue weighted by Gasteiger charge is 2.16. The van der Waals surface area contributed by atoms with Gasteiger partial charge >= 0.3 is 5.97 Å². The fourth-order valence-corrected chi connectivity index (χ4v) is 1.83. The fraction of sp³-hybridized carbons (Fsp3) is 0. The molecule has 0 unspecified atom stereocenters. The first-order chi connectivity index (χ1) is 8.50. The summed E-state index contributed by atoms with van der Waals surface area (Å²) in [5.41, 5.74) is -0.399. The molecule has 0 spiro atoms. The standard InChI is InChI=1S/C13H7ClF2O2/c14-11-5-4-7(15)6-10(11)8-2-1-3-9(12(8)16)13(17)18/h1-6H,(H,17,18). The van der Waals surface area contributed by atoms with Crippen LogP contribution in [-0.4, -0.2) is 11.1 Å². The molecule has 2 aromatic carbocycles. The van der Waals surface area contributed by atoms with E-state index in [2.05, 4.69) is 0 Å². The molecular weight excluding hydrogens is 262 g/mol. The summed E-state index contributed by atoms with van der Waals surface area (Å²) >= 11 is 5.85. The molecule has 2 aromatic rings. The van der Waals surface area contributed by atoms with E-state index >= 15 is 0 Å². The van der Waals surface area contributed by atoms with Crippen molar-refractivity contribution in [2.75, 3.05) is 0 Å². The number of carboxylic acid groups (broad SMARTS) is 1. The van der Waals surface area contributed by atoms with Crippen LogP contribution in [0.2, 0.25) is 5.02 Å². The number of rotatable bonds is 2. The van der Waals surface area contributed by atoms with Crippen molar-refractivity contribution in [3.63, 3.8) is 0 Å². The van der Waals surface area contributed by atoms with Gasteiger partial charge in [-0.15, -0.1) is 0 Å². The molecule has 5 heteroatoms. The maximum absolute atomic E-state index is 14.0. The Morgan fingerprint density at radius 2 is 1.83 bits per heavy atom. The van der Waals surface area contributed by atoms with E-state index in [9.17, 15) is 13.6 Å². The van der Waals surface area contributed by atoms with Gasteiger partial charge in [0, 0.05) is 16.1 Å². The molecule has 0 aromatic heterocycles. The Morgan fingerprint density at radius 1 is 1.11 bits per heavy atom. The van der Waals surface area contributed by atoms with Crippen LogP contribution in [0.5, 0.6) is 0 Å². The van der Waals surface area contributed by atoms with E-state index in [0.717, 1.165) is 18.2 Å². The van der Waals surface area contributed by atoms with Gasteiger partial charge in [0.25, 0.3) is 0 Å². The molecule has 2 nitrogen and oxygen atoms in total. The second-order valence-corrected chi connectivity index (χ2v) is 4.00. The van der Waals surface area contributed by atoms with Crippen molar-refractivity contribution in [2.45, 2.75) is 0 Å². The van der Waals surface area contributed by atoms with Crippen molar-refractivity contribution in [1.82, 2.24) is 0 Å². The fourth-order valence-electron chi connectivity index (χ4n) is 1.61. The van der Waals surface area contributed by atoms with Gasteiger partial charge in [0.15, 0.2) is 0 Å². The number of benzene rings is 2. The minimum atomic E-state index is -1.39. The highest BCUT2D eigenvalue weighted by atomic mass is 35.5. The van der Waals surface area contributed by atoms with Crippen molar-refractivity contribution in [2.24, 2.45) is 0 Å². The molecule has 0 aliphatic carbocycles. The first-order valence-corrected chi connectivity index (χ1v) is 5.35. The van der Waals surface area contributed by atoms with Crippen LogP contribution in [0.15, 0.2) is 36.4 Å². The zero-order chi connectivity index (χ0) is 13.3. The third kappa shape index (κ3) is 2.19. The van der Waals surface area contributed by atoms with Crippen molar-refractivity contribution < 1.29 is 18.7 Å². The largest absolute Gasteiger partial charge is 0.478 e. The molecule has 0 aliphatic heterocycles. The van der Waals surface area contributed by atoms with E-state index in [-0.39, 0.29) is 16.1 Å². The van der Waals surface area contributed by atoms with Gasteiger partial charge in [0.2, 0.25) is 0 Å². The van der Waals surface area contributed by atoms with E-state index in [1.165, 1.54) is 18.2 Å². The predicted octanol–water partition coefficient (Wildman–Crippen LogP) is 3.98. The lowest BCUT2D eigenvalue weighted by Gasteiger charge is -2.08. The average molecular weight is 269 g/mol. The van der Waals surface area contributed by atoms with E-state index < -0.39 is 23.2 Å². The van der Waals surface area contributed by atoms with Gasteiger partial charge in [-0.25, -0.2) is 13.6 Å². The van der Waals surface area contributed by atoms with Crippen LogP contribution < -0.4 is 0 Å². The number of hydrogen-bond acceptors (Lipinski definition) is 1. The summed E-state index contributed by atoms with van der Waals surface area (Å²) in [4.78, 5) is 10.8.